The van der Waals surface area contributed by atoms with Crippen LogP contribution in [0.2, 0.25) is 0 Å². The van der Waals surface area contributed by atoms with Crippen LogP contribution in [0.4, 0.5) is 5.69 Å². The minimum atomic E-state index is -0.523. The van der Waals surface area contributed by atoms with Crippen molar-refractivity contribution in [2.75, 3.05) is 4.90 Å². The van der Waals surface area contributed by atoms with E-state index < -0.39 is 5.41 Å². The van der Waals surface area contributed by atoms with E-state index in [4.69, 9.17) is 4.98 Å². The van der Waals surface area contributed by atoms with Crippen LogP contribution in [-0.4, -0.2) is 32.1 Å². The maximum Gasteiger partial charge on any atom is 0.237 e. The molecule has 140 valence electrons. The van der Waals surface area contributed by atoms with Crippen molar-refractivity contribution in [2.45, 2.75) is 64.8 Å². The molecule has 6 nitrogen and oxygen atoms in total. The normalized spacial score (nSPS) is 18.4. The van der Waals surface area contributed by atoms with Crippen LogP contribution in [0.1, 0.15) is 57.4 Å². The molecule has 2 aromatic heterocycles. The third-order valence-corrected chi connectivity index (χ3v) is 6.08. The Labute approximate surface area is 158 Å². The van der Waals surface area contributed by atoms with Gasteiger partial charge in [0.25, 0.3) is 0 Å². The standard InChI is InChI=1S/C21H25N5O/c1-11(2)26-17-10-16-15(9-13(17)21(3,4)20(26)27)22-19(23-16)18-12-7-5-6-8-14(12)24-25-18/h9-11H,5-8H2,1-4H3,(H,22,23)(H,24,25). The first-order valence-electron chi connectivity index (χ1n) is 9.82. The summed E-state index contributed by atoms with van der Waals surface area (Å²) in [5.41, 5.74) is 6.85. The van der Waals surface area contributed by atoms with Gasteiger partial charge in [0.2, 0.25) is 5.91 Å². The van der Waals surface area contributed by atoms with Crippen molar-refractivity contribution < 1.29 is 4.79 Å². The number of hydrogen-bond donors (Lipinski definition) is 2. The van der Waals surface area contributed by atoms with Crippen molar-refractivity contribution in [3.05, 3.63) is 29.0 Å². The molecule has 1 amide bonds. The zero-order valence-corrected chi connectivity index (χ0v) is 16.3. The highest BCUT2D eigenvalue weighted by Crippen LogP contribution is 2.44. The van der Waals surface area contributed by atoms with Gasteiger partial charge in [0, 0.05) is 17.3 Å². The summed E-state index contributed by atoms with van der Waals surface area (Å²) in [4.78, 5) is 23.1. The van der Waals surface area contributed by atoms with Gasteiger partial charge in [-0.05, 0) is 71.1 Å². The van der Waals surface area contributed by atoms with Crippen molar-refractivity contribution in [1.29, 1.82) is 0 Å². The van der Waals surface area contributed by atoms with E-state index in [1.807, 2.05) is 18.7 Å². The monoisotopic (exact) mass is 363 g/mol. The van der Waals surface area contributed by atoms with Gasteiger partial charge < -0.3 is 9.88 Å². The van der Waals surface area contributed by atoms with Crippen molar-refractivity contribution in [1.82, 2.24) is 20.2 Å². The van der Waals surface area contributed by atoms with Gasteiger partial charge in [-0.15, -0.1) is 0 Å². The average Bonchev–Trinajstić information content (AvgIpc) is 3.27. The minimum Gasteiger partial charge on any atom is -0.337 e. The van der Waals surface area contributed by atoms with Crippen LogP contribution in [0.3, 0.4) is 0 Å². The zero-order chi connectivity index (χ0) is 18.9. The first-order chi connectivity index (χ1) is 12.9. The number of rotatable bonds is 2. The van der Waals surface area contributed by atoms with E-state index in [-0.39, 0.29) is 11.9 Å². The fourth-order valence-electron chi connectivity index (χ4n) is 4.57. The van der Waals surface area contributed by atoms with Crippen LogP contribution in [0.5, 0.6) is 0 Å². The van der Waals surface area contributed by atoms with E-state index in [1.54, 1.807) is 0 Å². The first kappa shape index (κ1) is 16.5. The Morgan fingerprint density at radius 2 is 1.96 bits per heavy atom. The van der Waals surface area contributed by atoms with Crippen molar-refractivity contribution >= 4 is 22.6 Å². The second-order valence-electron chi connectivity index (χ2n) is 8.60. The molecule has 0 saturated carbocycles. The number of nitrogens with one attached hydrogen (secondary N) is 2. The smallest absolute Gasteiger partial charge is 0.237 e. The summed E-state index contributed by atoms with van der Waals surface area (Å²) >= 11 is 0. The van der Waals surface area contributed by atoms with Crippen molar-refractivity contribution in [3.63, 3.8) is 0 Å². The lowest BCUT2D eigenvalue weighted by molar-refractivity contribution is -0.122. The van der Waals surface area contributed by atoms with Crippen LogP contribution in [0.25, 0.3) is 22.6 Å². The Kier molecular flexibility index (Phi) is 3.33. The number of anilines is 1. The Bertz CT molecular complexity index is 1070. The Hall–Kier alpha value is -2.63. The Balaban J connectivity index is 1.67. The molecule has 2 N–H and O–H groups in total. The number of aromatic nitrogens is 4. The molecule has 6 heteroatoms. The summed E-state index contributed by atoms with van der Waals surface area (Å²) in [6, 6.07) is 4.27. The van der Waals surface area contributed by atoms with Gasteiger partial charge in [-0.25, -0.2) is 4.98 Å². The number of hydrogen-bond acceptors (Lipinski definition) is 3. The molecule has 1 aliphatic carbocycles. The quantitative estimate of drug-likeness (QED) is 0.726. The molecule has 3 aromatic rings. The number of imidazole rings is 1. The lowest BCUT2D eigenvalue weighted by atomic mass is 9.86. The second kappa shape index (κ2) is 5.44. The number of nitrogens with zero attached hydrogens (tertiary/aromatic N) is 3. The third kappa shape index (κ3) is 2.22. The number of carbonyl (C=O) groups is 1. The number of H-pyrrole nitrogens is 2. The third-order valence-electron chi connectivity index (χ3n) is 6.08. The Morgan fingerprint density at radius 3 is 2.74 bits per heavy atom. The summed E-state index contributed by atoms with van der Waals surface area (Å²) in [6.07, 6.45) is 4.54. The van der Waals surface area contributed by atoms with E-state index in [0.717, 1.165) is 46.6 Å². The van der Waals surface area contributed by atoms with Gasteiger partial charge >= 0.3 is 0 Å². The molecule has 2 aliphatic rings. The van der Waals surface area contributed by atoms with Crippen LogP contribution in [-0.2, 0) is 23.1 Å². The lowest BCUT2D eigenvalue weighted by Crippen LogP contribution is -2.40. The molecule has 5 rings (SSSR count). The number of aromatic amines is 2. The second-order valence-corrected chi connectivity index (χ2v) is 8.60. The summed E-state index contributed by atoms with van der Waals surface area (Å²) in [7, 11) is 0. The van der Waals surface area contributed by atoms with Crippen LogP contribution in [0, 0.1) is 0 Å². The summed E-state index contributed by atoms with van der Waals surface area (Å²) < 4.78 is 0. The summed E-state index contributed by atoms with van der Waals surface area (Å²) in [6.45, 7) is 8.12. The predicted molar refractivity (Wildman–Crippen MR) is 106 cm³/mol. The van der Waals surface area contributed by atoms with E-state index in [2.05, 4.69) is 41.2 Å². The molecule has 1 aliphatic heterocycles. The van der Waals surface area contributed by atoms with Crippen LogP contribution >= 0.6 is 0 Å². The van der Waals surface area contributed by atoms with Gasteiger partial charge in [-0.1, -0.05) is 0 Å². The molecule has 0 bridgehead atoms. The SMILES string of the molecule is CC(C)N1C(=O)C(C)(C)c2cc3[nH]c(-c4n[nH]c5c4CCCC5)nc3cc21. The van der Waals surface area contributed by atoms with Gasteiger partial charge in [0.1, 0.15) is 5.69 Å². The highest BCUT2D eigenvalue weighted by atomic mass is 16.2. The fourth-order valence-corrected chi connectivity index (χ4v) is 4.57. The van der Waals surface area contributed by atoms with Gasteiger partial charge in [0.15, 0.2) is 5.82 Å². The number of carbonyl (C=O) groups excluding carboxylic acids is 1. The predicted octanol–water partition coefficient (Wildman–Crippen LogP) is 3.86. The maximum atomic E-state index is 12.9. The van der Waals surface area contributed by atoms with E-state index >= 15 is 0 Å². The molecule has 1 aromatic carbocycles. The molecular formula is C21H25N5O. The van der Waals surface area contributed by atoms with E-state index in [0.29, 0.717) is 0 Å². The van der Waals surface area contributed by atoms with E-state index in [1.165, 1.54) is 24.1 Å². The summed E-state index contributed by atoms with van der Waals surface area (Å²) in [5.74, 6) is 0.968. The van der Waals surface area contributed by atoms with E-state index in [9.17, 15) is 4.79 Å². The van der Waals surface area contributed by atoms with Crippen LogP contribution in [0.15, 0.2) is 12.1 Å². The molecule has 0 spiro atoms. The molecular weight excluding hydrogens is 338 g/mol. The number of benzene rings is 1. The van der Waals surface area contributed by atoms with Gasteiger partial charge in [0.05, 0.1) is 22.1 Å². The topological polar surface area (TPSA) is 77.7 Å². The molecule has 0 unspecified atom stereocenters. The minimum absolute atomic E-state index is 0.118. The molecule has 0 radical (unpaired) electrons. The molecule has 0 atom stereocenters. The first-order valence-corrected chi connectivity index (χ1v) is 9.82. The number of fused-ring (bicyclic) bond motifs is 3. The summed E-state index contributed by atoms with van der Waals surface area (Å²) in [5, 5.41) is 7.74. The average molecular weight is 363 g/mol. The zero-order valence-electron chi connectivity index (χ0n) is 16.3. The van der Waals surface area contributed by atoms with Gasteiger partial charge in [-0.2, -0.15) is 5.10 Å². The molecule has 0 saturated heterocycles. The number of amides is 1. The number of aryl methyl sites for hydroxylation is 1. The van der Waals surface area contributed by atoms with Crippen LogP contribution < -0.4 is 4.90 Å². The van der Waals surface area contributed by atoms with Crippen molar-refractivity contribution in [3.8, 4) is 11.5 Å². The molecule has 27 heavy (non-hydrogen) atoms. The van der Waals surface area contributed by atoms with Crippen molar-refractivity contribution in [2.24, 2.45) is 0 Å². The van der Waals surface area contributed by atoms with Gasteiger partial charge in [-0.3, -0.25) is 9.89 Å². The molecule has 0 fully saturated rings. The Morgan fingerprint density at radius 1 is 1.19 bits per heavy atom. The molecule has 3 heterocycles. The highest BCUT2D eigenvalue weighted by molar-refractivity contribution is 6.09. The fraction of sp³-hybridized carbons (Fsp3) is 0.476. The highest BCUT2D eigenvalue weighted by Gasteiger charge is 2.45. The largest absolute Gasteiger partial charge is 0.337 e. The lowest BCUT2D eigenvalue weighted by Gasteiger charge is -2.24. The maximum absolute atomic E-state index is 12.9.